The third-order valence-corrected chi connectivity index (χ3v) is 3.46. The van der Waals surface area contributed by atoms with Gasteiger partial charge in [-0.3, -0.25) is 0 Å². The van der Waals surface area contributed by atoms with Crippen LogP contribution in [0.15, 0.2) is 6.07 Å². The van der Waals surface area contributed by atoms with E-state index in [1.165, 1.54) is 0 Å². The summed E-state index contributed by atoms with van der Waals surface area (Å²) in [6, 6.07) is 1.72. The number of halogens is 2. The zero-order valence-electron chi connectivity index (χ0n) is 12.8. The van der Waals surface area contributed by atoms with E-state index in [0.717, 1.165) is 19.5 Å². The number of nitrogens with zero attached hydrogens (tertiary/aromatic N) is 2. The Kier molecular flexibility index (Phi) is 8.76. The number of hydrogen-bond acceptors (Lipinski definition) is 5. The van der Waals surface area contributed by atoms with E-state index < -0.39 is 0 Å². The Bertz CT molecular complexity index is 433. The zero-order valence-corrected chi connectivity index (χ0v) is 14.3. The number of aromatic nitrogens is 1. The first-order chi connectivity index (χ1) is 10.1. The van der Waals surface area contributed by atoms with Crippen LogP contribution in [0.25, 0.3) is 0 Å². The summed E-state index contributed by atoms with van der Waals surface area (Å²) in [5, 5.41) is 4.20. The molecule has 0 radical (unpaired) electrons. The molecule has 1 aromatic heterocycles. The monoisotopic (exact) mass is 335 g/mol. The predicted molar refractivity (Wildman–Crippen MR) is 89.0 cm³/mol. The molecular formula is C14H23Cl2N3O2. The molecule has 0 bridgehead atoms. The summed E-state index contributed by atoms with van der Waals surface area (Å²) in [6.07, 6.45) is 0.886. The van der Waals surface area contributed by atoms with E-state index in [1.807, 2.05) is 6.92 Å². The third-order valence-electron chi connectivity index (χ3n) is 2.90. The molecule has 0 spiro atoms. The van der Waals surface area contributed by atoms with Gasteiger partial charge in [-0.2, -0.15) is 0 Å². The number of methoxy groups -OCH3 is 2. The minimum atomic E-state index is 0.522. The van der Waals surface area contributed by atoms with E-state index in [-0.39, 0.29) is 0 Å². The topological polar surface area (TPSA) is 46.6 Å². The van der Waals surface area contributed by atoms with Gasteiger partial charge in [0.1, 0.15) is 11.6 Å². The molecule has 1 aromatic rings. The van der Waals surface area contributed by atoms with Crippen molar-refractivity contribution in [1.29, 1.82) is 0 Å². The Labute approximate surface area is 136 Å². The fourth-order valence-corrected chi connectivity index (χ4v) is 2.44. The largest absolute Gasteiger partial charge is 0.385 e. The second kappa shape index (κ2) is 10.1. The average Bonchev–Trinajstić information content (AvgIpc) is 2.46. The van der Waals surface area contributed by atoms with Crippen LogP contribution in [0.1, 0.15) is 13.3 Å². The fourth-order valence-electron chi connectivity index (χ4n) is 1.89. The summed E-state index contributed by atoms with van der Waals surface area (Å²) < 4.78 is 10.3. The van der Waals surface area contributed by atoms with Gasteiger partial charge in [-0.15, -0.1) is 0 Å². The van der Waals surface area contributed by atoms with Crippen LogP contribution in [0.5, 0.6) is 0 Å². The first-order valence-corrected chi connectivity index (χ1v) is 7.72. The predicted octanol–water partition coefficient (Wildman–Crippen LogP) is 3.31. The quantitative estimate of drug-likeness (QED) is 0.664. The van der Waals surface area contributed by atoms with Gasteiger partial charge in [0.15, 0.2) is 0 Å². The van der Waals surface area contributed by atoms with Crippen LogP contribution in [-0.4, -0.2) is 52.1 Å². The maximum Gasteiger partial charge on any atom is 0.150 e. The van der Waals surface area contributed by atoms with E-state index in [4.69, 9.17) is 32.7 Å². The summed E-state index contributed by atoms with van der Waals surface area (Å²) in [4.78, 5) is 6.63. The lowest BCUT2D eigenvalue weighted by atomic mass is 10.3. The highest BCUT2D eigenvalue weighted by Gasteiger charge is 2.15. The number of rotatable bonds is 10. The summed E-state index contributed by atoms with van der Waals surface area (Å²) in [5.74, 6) is 1.36. The van der Waals surface area contributed by atoms with Crippen LogP contribution in [0.2, 0.25) is 10.0 Å². The summed E-state index contributed by atoms with van der Waals surface area (Å²) in [7, 11) is 3.37. The van der Waals surface area contributed by atoms with Gasteiger partial charge in [0.05, 0.1) is 16.7 Å². The molecule has 0 aliphatic heterocycles. The van der Waals surface area contributed by atoms with E-state index in [1.54, 1.807) is 20.3 Å². The Hall–Kier alpha value is -0.750. The van der Waals surface area contributed by atoms with Crippen molar-refractivity contribution in [2.45, 2.75) is 13.3 Å². The van der Waals surface area contributed by atoms with Crippen molar-refractivity contribution in [3.63, 3.8) is 0 Å². The molecule has 0 fully saturated rings. The highest BCUT2D eigenvalue weighted by atomic mass is 35.5. The van der Waals surface area contributed by atoms with Crippen LogP contribution >= 0.6 is 23.2 Å². The van der Waals surface area contributed by atoms with Gasteiger partial charge in [0, 0.05) is 40.5 Å². The van der Waals surface area contributed by atoms with Crippen molar-refractivity contribution in [1.82, 2.24) is 4.98 Å². The molecule has 1 N–H and O–H groups in total. The van der Waals surface area contributed by atoms with Gasteiger partial charge in [0.2, 0.25) is 0 Å². The average molecular weight is 336 g/mol. The minimum Gasteiger partial charge on any atom is -0.385 e. The van der Waals surface area contributed by atoms with Crippen molar-refractivity contribution in [3.8, 4) is 0 Å². The minimum absolute atomic E-state index is 0.522. The Morgan fingerprint density at radius 3 is 2.48 bits per heavy atom. The Balaban J connectivity index is 2.95. The highest BCUT2D eigenvalue weighted by Crippen LogP contribution is 2.31. The first kappa shape index (κ1) is 18.3. The van der Waals surface area contributed by atoms with E-state index in [2.05, 4.69) is 15.2 Å². The molecule has 1 heterocycles. The second-order valence-corrected chi connectivity index (χ2v) is 5.30. The molecule has 0 saturated heterocycles. The molecule has 120 valence electrons. The molecule has 21 heavy (non-hydrogen) atoms. The maximum absolute atomic E-state index is 6.30. The molecular weight excluding hydrogens is 313 g/mol. The van der Waals surface area contributed by atoms with Crippen LogP contribution in [0, 0.1) is 0 Å². The second-order valence-electron chi connectivity index (χ2n) is 4.48. The van der Waals surface area contributed by atoms with Crippen molar-refractivity contribution in [3.05, 3.63) is 16.1 Å². The lowest BCUT2D eigenvalue weighted by molar-refractivity contribution is 0.191. The molecule has 0 aliphatic rings. The van der Waals surface area contributed by atoms with Crippen LogP contribution in [0.4, 0.5) is 11.6 Å². The number of anilines is 2. The van der Waals surface area contributed by atoms with E-state index in [0.29, 0.717) is 41.4 Å². The Morgan fingerprint density at radius 2 is 1.86 bits per heavy atom. The SMILES string of the molecule is CCNc1nc(N(CCCOC)CCOC)c(Cl)cc1Cl. The Morgan fingerprint density at radius 1 is 1.14 bits per heavy atom. The number of ether oxygens (including phenoxy) is 2. The standard InChI is InChI=1S/C14H23Cl2N3O2/c1-4-17-13-11(15)10-12(16)14(18-13)19(7-9-21-3)6-5-8-20-2/h10H,4-9H2,1-3H3,(H,17,18). The normalized spacial score (nSPS) is 10.7. The molecule has 5 nitrogen and oxygen atoms in total. The molecule has 0 aliphatic carbocycles. The third kappa shape index (κ3) is 5.87. The van der Waals surface area contributed by atoms with Gasteiger partial charge >= 0.3 is 0 Å². The number of nitrogens with one attached hydrogen (secondary N) is 1. The molecule has 0 unspecified atom stereocenters. The summed E-state index contributed by atoms with van der Waals surface area (Å²) >= 11 is 12.4. The first-order valence-electron chi connectivity index (χ1n) is 6.96. The van der Waals surface area contributed by atoms with Gasteiger partial charge in [-0.1, -0.05) is 23.2 Å². The fraction of sp³-hybridized carbons (Fsp3) is 0.643. The van der Waals surface area contributed by atoms with Gasteiger partial charge in [-0.05, 0) is 19.4 Å². The van der Waals surface area contributed by atoms with Crippen LogP contribution < -0.4 is 10.2 Å². The lowest BCUT2D eigenvalue weighted by Gasteiger charge is -2.25. The number of pyridine rings is 1. The van der Waals surface area contributed by atoms with Crippen LogP contribution in [-0.2, 0) is 9.47 Å². The zero-order chi connectivity index (χ0) is 15.7. The van der Waals surface area contributed by atoms with E-state index >= 15 is 0 Å². The highest BCUT2D eigenvalue weighted by molar-refractivity contribution is 6.37. The molecule has 0 amide bonds. The molecule has 0 atom stereocenters. The lowest BCUT2D eigenvalue weighted by Crippen LogP contribution is -2.30. The number of hydrogen-bond donors (Lipinski definition) is 1. The van der Waals surface area contributed by atoms with Crippen molar-refractivity contribution in [2.75, 3.05) is 57.3 Å². The molecule has 1 rings (SSSR count). The van der Waals surface area contributed by atoms with Gasteiger partial charge in [-0.25, -0.2) is 4.98 Å². The summed E-state index contributed by atoms with van der Waals surface area (Å²) in [6.45, 7) is 5.53. The van der Waals surface area contributed by atoms with Crippen LogP contribution in [0.3, 0.4) is 0 Å². The van der Waals surface area contributed by atoms with Crippen molar-refractivity contribution < 1.29 is 9.47 Å². The van der Waals surface area contributed by atoms with Crippen molar-refractivity contribution in [2.24, 2.45) is 0 Å². The smallest absolute Gasteiger partial charge is 0.150 e. The maximum atomic E-state index is 6.30. The molecule has 0 saturated carbocycles. The van der Waals surface area contributed by atoms with Gasteiger partial charge < -0.3 is 19.7 Å². The van der Waals surface area contributed by atoms with Crippen molar-refractivity contribution >= 4 is 34.8 Å². The molecule has 7 heteroatoms. The van der Waals surface area contributed by atoms with Gasteiger partial charge in [0.25, 0.3) is 0 Å². The summed E-state index contributed by atoms with van der Waals surface area (Å²) in [5.41, 5.74) is 0. The van der Waals surface area contributed by atoms with E-state index in [9.17, 15) is 0 Å². The molecule has 0 aromatic carbocycles.